The first kappa shape index (κ1) is 19.3. The number of carbonyl (C=O) groups is 2. The fourth-order valence-electron chi connectivity index (χ4n) is 2.76. The Kier molecular flexibility index (Phi) is 5.77. The molecule has 6 heteroatoms. The number of amides is 1. The average Bonchev–Trinajstić information content (AvgIpc) is 2.94. The van der Waals surface area contributed by atoms with Gasteiger partial charge in [0.05, 0.1) is 23.3 Å². The third-order valence-corrected chi connectivity index (χ3v) is 5.55. The monoisotopic (exact) mass is 397 g/mol. The third-order valence-electron chi connectivity index (χ3n) is 4.24. The zero-order chi connectivity index (χ0) is 19.6. The zero-order valence-electron chi connectivity index (χ0n) is 15.3. The van der Waals surface area contributed by atoms with Crippen molar-refractivity contribution in [2.24, 2.45) is 0 Å². The molecule has 2 aromatic carbocycles. The molecule has 1 aliphatic rings. The maximum atomic E-state index is 13.0. The Balaban J connectivity index is 1.93. The van der Waals surface area contributed by atoms with Crippen LogP contribution in [0.25, 0.3) is 6.08 Å². The minimum atomic E-state index is -0.507. The van der Waals surface area contributed by atoms with Crippen LogP contribution in [0.3, 0.4) is 0 Å². The molecule has 1 heterocycles. The Hall–Kier alpha value is -2.44. The van der Waals surface area contributed by atoms with Gasteiger partial charge in [-0.05, 0) is 35.3 Å². The first-order valence-electron chi connectivity index (χ1n) is 8.47. The standard InChI is InChI=1S/C21H19NO3S2/c1-13(2)15-10-8-14(9-11-15)12-18-19(23)22(21(26)27-18)17-7-5-4-6-16(17)20(24)25-3/h4-13H,1-3H3/b18-12-. The summed E-state index contributed by atoms with van der Waals surface area (Å²) in [6, 6.07) is 14.9. The van der Waals surface area contributed by atoms with E-state index in [1.54, 1.807) is 24.3 Å². The van der Waals surface area contributed by atoms with Gasteiger partial charge in [-0.15, -0.1) is 0 Å². The molecule has 3 rings (SSSR count). The SMILES string of the molecule is COC(=O)c1ccccc1N1C(=O)/C(=C/c2ccc(C(C)C)cc2)SC1=S. The van der Waals surface area contributed by atoms with Gasteiger partial charge >= 0.3 is 5.97 Å². The molecule has 138 valence electrons. The van der Waals surface area contributed by atoms with Crippen LogP contribution in [0.5, 0.6) is 0 Å². The lowest BCUT2D eigenvalue weighted by atomic mass is 10.0. The molecular weight excluding hydrogens is 378 g/mol. The molecule has 0 saturated carbocycles. The normalized spacial score (nSPS) is 15.7. The number of ether oxygens (including phenoxy) is 1. The molecule has 2 aromatic rings. The van der Waals surface area contributed by atoms with Gasteiger partial charge in [0, 0.05) is 0 Å². The van der Waals surface area contributed by atoms with Crippen molar-refractivity contribution in [3.63, 3.8) is 0 Å². The molecule has 0 atom stereocenters. The highest BCUT2D eigenvalue weighted by Crippen LogP contribution is 2.37. The lowest BCUT2D eigenvalue weighted by Crippen LogP contribution is -2.29. The van der Waals surface area contributed by atoms with Crippen molar-refractivity contribution < 1.29 is 14.3 Å². The van der Waals surface area contributed by atoms with Crippen LogP contribution in [0.15, 0.2) is 53.4 Å². The van der Waals surface area contributed by atoms with Crippen LogP contribution in [-0.2, 0) is 9.53 Å². The number of hydrogen-bond acceptors (Lipinski definition) is 5. The number of carbonyl (C=O) groups excluding carboxylic acids is 2. The van der Waals surface area contributed by atoms with Gasteiger partial charge in [0.2, 0.25) is 0 Å². The first-order chi connectivity index (χ1) is 12.9. The lowest BCUT2D eigenvalue weighted by Gasteiger charge is -2.17. The number of anilines is 1. The van der Waals surface area contributed by atoms with Gasteiger partial charge < -0.3 is 4.74 Å². The summed E-state index contributed by atoms with van der Waals surface area (Å²) < 4.78 is 5.21. The number of esters is 1. The van der Waals surface area contributed by atoms with Crippen LogP contribution < -0.4 is 4.90 Å². The molecule has 0 N–H and O–H groups in total. The zero-order valence-corrected chi connectivity index (χ0v) is 16.9. The van der Waals surface area contributed by atoms with Crippen molar-refractivity contribution in [2.45, 2.75) is 19.8 Å². The average molecular weight is 398 g/mol. The first-order valence-corrected chi connectivity index (χ1v) is 9.70. The maximum Gasteiger partial charge on any atom is 0.339 e. The van der Waals surface area contributed by atoms with E-state index in [4.69, 9.17) is 17.0 Å². The van der Waals surface area contributed by atoms with Gasteiger partial charge in [0.15, 0.2) is 4.32 Å². The van der Waals surface area contributed by atoms with Gasteiger partial charge in [-0.1, -0.05) is 74.2 Å². The van der Waals surface area contributed by atoms with Crippen molar-refractivity contribution in [3.05, 3.63) is 70.1 Å². The van der Waals surface area contributed by atoms with Crippen molar-refractivity contribution in [2.75, 3.05) is 12.0 Å². The highest BCUT2D eigenvalue weighted by Gasteiger charge is 2.35. The summed E-state index contributed by atoms with van der Waals surface area (Å²) in [7, 11) is 1.31. The predicted molar refractivity (Wildman–Crippen MR) is 114 cm³/mol. The van der Waals surface area contributed by atoms with Gasteiger partial charge in [-0.3, -0.25) is 9.69 Å². The Morgan fingerprint density at radius 3 is 2.44 bits per heavy atom. The Bertz CT molecular complexity index is 933. The molecule has 0 unspecified atom stereocenters. The van der Waals surface area contributed by atoms with E-state index in [0.717, 1.165) is 5.56 Å². The topological polar surface area (TPSA) is 46.6 Å². The highest BCUT2D eigenvalue weighted by atomic mass is 32.2. The van der Waals surface area contributed by atoms with Crippen LogP contribution in [-0.4, -0.2) is 23.3 Å². The van der Waals surface area contributed by atoms with E-state index in [-0.39, 0.29) is 5.91 Å². The number of methoxy groups -OCH3 is 1. The summed E-state index contributed by atoms with van der Waals surface area (Å²) in [5, 5.41) is 0. The Morgan fingerprint density at radius 1 is 1.15 bits per heavy atom. The van der Waals surface area contributed by atoms with Crippen molar-refractivity contribution in [1.82, 2.24) is 0 Å². The van der Waals surface area contributed by atoms with E-state index in [1.807, 2.05) is 18.2 Å². The van der Waals surface area contributed by atoms with Crippen molar-refractivity contribution in [1.29, 1.82) is 0 Å². The van der Waals surface area contributed by atoms with Crippen LogP contribution in [0.4, 0.5) is 5.69 Å². The molecule has 0 bridgehead atoms. The Morgan fingerprint density at radius 2 is 1.81 bits per heavy atom. The quantitative estimate of drug-likeness (QED) is 0.413. The van der Waals surface area contributed by atoms with E-state index >= 15 is 0 Å². The number of rotatable bonds is 4. The fourth-order valence-corrected chi connectivity index (χ4v) is 4.04. The summed E-state index contributed by atoms with van der Waals surface area (Å²) in [4.78, 5) is 26.9. The molecule has 4 nitrogen and oxygen atoms in total. The van der Waals surface area contributed by atoms with E-state index in [1.165, 1.54) is 29.3 Å². The minimum Gasteiger partial charge on any atom is -0.465 e. The van der Waals surface area contributed by atoms with Gasteiger partial charge in [-0.25, -0.2) is 4.79 Å². The number of nitrogens with zero attached hydrogens (tertiary/aromatic N) is 1. The second-order valence-corrected chi connectivity index (χ2v) is 8.02. The minimum absolute atomic E-state index is 0.241. The Labute approximate surface area is 168 Å². The summed E-state index contributed by atoms with van der Waals surface area (Å²) in [6.45, 7) is 4.28. The summed E-state index contributed by atoms with van der Waals surface area (Å²) in [5.74, 6) is -0.297. The third kappa shape index (κ3) is 3.96. The molecule has 0 spiro atoms. The smallest absolute Gasteiger partial charge is 0.339 e. The van der Waals surface area contributed by atoms with E-state index < -0.39 is 5.97 Å². The summed E-state index contributed by atoms with van der Waals surface area (Å²) in [5.41, 5.74) is 2.91. The number of thioether (sulfide) groups is 1. The molecule has 0 aromatic heterocycles. The molecule has 1 amide bonds. The van der Waals surface area contributed by atoms with Crippen LogP contribution in [0.2, 0.25) is 0 Å². The van der Waals surface area contributed by atoms with E-state index in [0.29, 0.717) is 26.4 Å². The molecule has 0 radical (unpaired) electrons. The number of hydrogen-bond donors (Lipinski definition) is 0. The molecule has 0 aliphatic carbocycles. The van der Waals surface area contributed by atoms with Gasteiger partial charge in [0.25, 0.3) is 5.91 Å². The van der Waals surface area contributed by atoms with Gasteiger partial charge in [0.1, 0.15) is 0 Å². The van der Waals surface area contributed by atoms with E-state index in [2.05, 4.69) is 26.0 Å². The maximum absolute atomic E-state index is 13.0. The second kappa shape index (κ2) is 8.06. The van der Waals surface area contributed by atoms with Crippen molar-refractivity contribution >= 4 is 51.9 Å². The molecule has 1 fully saturated rings. The van der Waals surface area contributed by atoms with E-state index in [9.17, 15) is 9.59 Å². The van der Waals surface area contributed by atoms with Crippen molar-refractivity contribution in [3.8, 4) is 0 Å². The molecule has 27 heavy (non-hydrogen) atoms. The van der Waals surface area contributed by atoms with Crippen LogP contribution >= 0.6 is 24.0 Å². The van der Waals surface area contributed by atoms with Gasteiger partial charge in [-0.2, -0.15) is 0 Å². The number of para-hydroxylation sites is 1. The predicted octanol–water partition coefficient (Wildman–Crippen LogP) is 5.00. The lowest BCUT2D eigenvalue weighted by molar-refractivity contribution is -0.113. The summed E-state index contributed by atoms with van der Waals surface area (Å²) in [6.07, 6.45) is 1.82. The van der Waals surface area contributed by atoms with Crippen LogP contribution in [0, 0.1) is 0 Å². The highest BCUT2D eigenvalue weighted by molar-refractivity contribution is 8.27. The van der Waals surface area contributed by atoms with Crippen LogP contribution in [0.1, 0.15) is 41.3 Å². The molecular formula is C21H19NO3S2. The summed E-state index contributed by atoms with van der Waals surface area (Å²) >= 11 is 6.63. The second-order valence-electron chi connectivity index (χ2n) is 6.35. The largest absolute Gasteiger partial charge is 0.465 e. The number of benzene rings is 2. The number of thiocarbonyl (C=S) groups is 1. The molecule has 1 aliphatic heterocycles. The fraction of sp³-hybridized carbons (Fsp3) is 0.190. The molecule has 1 saturated heterocycles.